The summed E-state index contributed by atoms with van der Waals surface area (Å²) < 4.78 is 9.79. The molecule has 5 rings (SSSR count). The molecule has 0 N–H and O–H groups in total. The summed E-state index contributed by atoms with van der Waals surface area (Å²) in [5.74, 6) is 0.584. The molecule has 2 aromatic heterocycles. The van der Waals surface area contributed by atoms with Crippen molar-refractivity contribution in [3.8, 4) is 11.4 Å². The van der Waals surface area contributed by atoms with Crippen molar-refractivity contribution in [1.82, 2.24) is 14.0 Å². The number of pyridine rings is 1. The van der Waals surface area contributed by atoms with Gasteiger partial charge in [-0.3, -0.25) is 9.36 Å². The Morgan fingerprint density at radius 2 is 1.72 bits per heavy atom. The van der Waals surface area contributed by atoms with Crippen LogP contribution in [0.2, 0.25) is 0 Å². The predicted molar refractivity (Wildman–Crippen MR) is 131 cm³/mol. The summed E-state index contributed by atoms with van der Waals surface area (Å²) in [5.41, 5.74) is 5.90. The van der Waals surface area contributed by atoms with Gasteiger partial charge in [0.25, 0.3) is 5.56 Å². The highest BCUT2D eigenvalue weighted by Crippen LogP contribution is 2.29. The Morgan fingerprint density at radius 1 is 0.938 bits per heavy atom. The van der Waals surface area contributed by atoms with Crippen molar-refractivity contribution in [2.75, 3.05) is 20.1 Å². The van der Waals surface area contributed by atoms with Crippen molar-refractivity contribution in [1.29, 1.82) is 0 Å². The van der Waals surface area contributed by atoms with Crippen molar-refractivity contribution < 1.29 is 4.74 Å². The summed E-state index contributed by atoms with van der Waals surface area (Å²) in [6, 6.07) is 19.7. The molecule has 2 aromatic carbocycles. The quantitative estimate of drug-likeness (QED) is 0.464. The Kier molecular flexibility index (Phi) is 6.40. The lowest BCUT2D eigenvalue weighted by molar-refractivity contribution is 0.305. The molecule has 5 nitrogen and oxygen atoms in total. The lowest BCUT2D eigenvalue weighted by Gasteiger charge is -2.13. The SMILES string of the molecule is CN1CCc2c(n(C)c3cc(-n4ccc(OCc5ccccc5)cc4=O)ccc23)CC1.Cl. The number of aromatic nitrogens is 2. The molecule has 0 bridgehead atoms. The van der Waals surface area contributed by atoms with E-state index in [4.69, 9.17) is 4.74 Å². The number of aryl methyl sites for hydroxylation is 1. The third-order valence-corrected chi connectivity index (χ3v) is 6.31. The van der Waals surface area contributed by atoms with Crippen LogP contribution in [-0.2, 0) is 26.5 Å². The molecule has 0 radical (unpaired) electrons. The lowest BCUT2D eigenvalue weighted by Crippen LogP contribution is -2.21. The van der Waals surface area contributed by atoms with Gasteiger partial charge >= 0.3 is 0 Å². The standard InChI is InChI=1S/C26H27N3O2.ClH/c1-27-13-11-23-22-9-8-20(16-25(22)28(2)24(23)12-14-27)29-15-10-21(17-26(29)30)31-18-19-6-4-3-5-7-19;/h3-10,15-17H,11-14,18H2,1-2H3;1H. The topological polar surface area (TPSA) is 39.4 Å². The van der Waals surface area contributed by atoms with E-state index in [2.05, 4.69) is 35.7 Å². The second-order valence-electron chi connectivity index (χ2n) is 8.33. The van der Waals surface area contributed by atoms with Crippen LogP contribution in [0.25, 0.3) is 16.6 Å². The van der Waals surface area contributed by atoms with Gasteiger partial charge in [-0.15, -0.1) is 12.4 Å². The number of rotatable bonds is 4. The van der Waals surface area contributed by atoms with Gasteiger partial charge in [-0.05, 0) is 42.8 Å². The first-order valence-corrected chi connectivity index (χ1v) is 10.8. The highest BCUT2D eigenvalue weighted by molar-refractivity contribution is 5.87. The van der Waals surface area contributed by atoms with Crippen LogP contribution in [0.1, 0.15) is 16.8 Å². The zero-order valence-corrected chi connectivity index (χ0v) is 19.3. The number of ether oxygens (including phenoxy) is 1. The number of nitrogens with zero attached hydrogens (tertiary/aromatic N) is 3. The van der Waals surface area contributed by atoms with Crippen LogP contribution in [-0.4, -0.2) is 34.2 Å². The van der Waals surface area contributed by atoms with E-state index in [1.165, 1.54) is 22.2 Å². The Balaban J connectivity index is 0.00000245. The van der Waals surface area contributed by atoms with E-state index in [0.717, 1.165) is 37.2 Å². The van der Waals surface area contributed by atoms with Crippen molar-refractivity contribution in [2.45, 2.75) is 19.4 Å². The van der Waals surface area contributed by atoms with E-state index in [1.807, 2.05) is 42.5 Å². The highest BCUT2D eigenvalue weighted by atomic mass is 35.5. The minimum Gasteiger partial charge on any atom is -0.489 e. The summed E-state index contributed by atoms with van der Waals surface area (Å²) in [7, 11) is 4.32. The molecule has 0 amide bonds. The molecule has 0 fully saturated rings. The molecule has 0 spiro atoms. The van der Waals surface area contributed by atoms with Gasteiger partial charge in [0.15, 0.2) is 0 Å². The maximum Gasteiger partial charge on any atom is 0.258 e. The van der Waals surface area contributed by atoms with E-state index in [9.17, 15) is 4.79 Å². The third kappa shape index (κ3) is 4.18. The first-order chi connectivity index (χ1) is 15.1. The second kappa shape index (κ2) is 9.23. The summed E-state index contributed by atoms with van der Waals surface area (Å²) in [6.07, 6.45) is 3.92. The first kappa shape index (κ1) is 22.2. The zero-order valence-electron chi connectivity index (χ0n) is 18.5. The molecule has 3 heterocycles. The van der Waals surface area contributed by atoms with Gasteiger partial charge < -0.3 is 14.2 Å². The van der Waals surface area contributed by atoms with Crippen molar-refractivity contribution in [2.24, 2.45) is 7.05 Å². The summed E-state index contributed by atoms with van der Waals surface area (Å²) in [4.78, 5) is 15.2. The van der Waals surface area contributed by atoms with Crippen LogP contribution in [0.4, 0.5) is 0 Å². The van der Waals surface area contributed by atoms with Crippen LogP contribution in [0, 0.1) is 0 Å². The van der Waals surface area contributed by atoms with E-state index >= 15 is 0 Å². The van der Waals surface area contributed by atoms with Crippen molar-refractivity contribution in [3.05, 3.63) is 94.0 Å². The number of hydrogen-bond donors (Lipinski definition) is 0. The molecule has 1 aliphatic rings. The van der Waals surface area contributed by atoms with Crippen molar-refractivity contribution in [3.63, 3.8) is 0 Å². The maximum absolute atomic E-state index is 12.8. The van der Waals surface area contributed by atoms with Crippen molar-refractivity contribution >= 4 is 23.3 Å². The van der Waals surface area contributed by atoms with Crippen LogP contribution in [0.3, 0.4) is 0 Å². The number of halogens is 1. The first-order valence-electron chi connectivity index (χ1n) is 10.8. The van der Waals surface area contributed by atoms with E-state index in [-0.39, 0.29) is 18.0 Å². The van der Waals surface area contributed by atoms with Gasteiger partial charge in [-0.2, -0.15) is 0 Å². The minimum absolute atomic E-state index is 0. The van der Waals surface area contributed by atoms with Crippen LogP contribution in [0.5, 0.6) is 5.75 Å². The Bertz CT molecular complexity index is 1290. The highest BCUT2D eigenvalue weighted by Gasteiger charge is 2.19. The van der Waals surface area contributed by atoms with Gasteiger partial charge in [0, 0.05) is 49.9 Å². The van der Waals surface area contributed by atoms with Crippen LogP contribution >= 0.6 is 12.4 Å². The summed E-state index contributed by atoms with van der Waals surface area (Å²) >= 11 is 0. The number of likely N-dealkylation sites (N-methyl/N-ethyl adjacent to an activating group) is 1. The van der Waals surface area contributed by atoms with Gasteiger partial charge in [0.05, 0.1) is 11.2 Å². The Hall–Kier alpha value is -3.02. The van der Waals surface area contributed by atoms with E-state index < -0.39 is 0 Å². The molecule has 0 saturated heterocycles. The summed E-state index contributed by atoms with van der Waals surface area (Å²) in [5, 5.41) is 1.30. The van der Waals surface area contributed by atoms with Crippen LogP contribution < -0.4 is 10.3 Å². The third-order valence-electron chi connectivity index (χ3n) is 6.31. The molecule has 6 heteroatoms. The molecular weight excluding hydrogens is 422 g/mol. The van der Waals surface area contributed by atoms with Gasteiger partial charge in [0.1, 0.15) is 12.4 Å². The molecule has 1 aliphatic heterocycles. The average Bonchev–Trinajstić information content (AvgIpc) is 2.91. The molecule has 32 heavy (non-hydrogen) atoms. The second-order valence-corrected chi connectivity index (χ2v) is 8.33. The largest absolute Gasteiger partial charge is 0.489 e. The Morgan fingerprint density at radius 3 is 2.50 bits per heavy atom. The molecular formula is C26H28ClN3O2. The zero-order chi connectivity index (χ0) is 21.4. The van der Waals surface area contributed by atoms with Gasteiger partial charge in [-0.1, -0.05) is 36.4 Å². The van der Waals surface area contributed by atoms with Gasteiger partial charge in [-0.25, -0.2) is 0 Å². The predicted octanol–water partition coefficient (Wildman–Crippen LogP) is 4.36. The molecule has 0 atom stereocenters. The van der Waals surface area contributed by atoms with E-state index in [1.54, 1.807) is 16.8 Å². The number of hydrogen-bond acceptors (Lipinski definition) is 3. The normalized spacial score (nSPS) is 13.9. The smallest absolute Gasteiger partial charge is 0.258 e. The average molecular weight is 450 g/mol. The molecule has 0 saturated carbocycles. The Labute approximate surface area is 194 Å². The minimum atomic E-state index is -0.0951. The monoisotopic (exact) mass is 449 g/mol. The van der Waals surface area contributed by atoms with E-state index in [0.29, 0.717) is 12.4 Å². The fourth-order valence-corrected chi connectivity index (χ4v) is 4.52. The number of fused-ring (bicyclic) bond motifs is 3. The maximum atomic E-state index is 12.8. The fraction of sp³-hybridized carbons (Fsp3) is 0.269. The number of benzene rings is 2. The van der Waals surface area contributed by atoms with Gasteiger partial charge in [0.2, 0.25) is 0 Å². The molecule has 0 aliphatic carbocycles. The summed E-state index contributed by atoms with van der Waals surface area (Å²) in [6.45, 7) is 2.60. The lowest BCUT2D eigenvalue weighted by atomic mass is 10.1. The fourth-order valence-electron chi connectivity index (χ4n) is 4.52. The van der Waals surface area contributed by atoms with Crippen LogP contribution in [0.15, 0.2) is 71.7 Å². The molecule has 166 valence electrons. The molecule has 0 unspecified atom stereocenters. The molecule has 4 aromatic rings.